The second-order valence-electron chi connectivity index (χ2n) is 1.38. The van der Waals surface area contributed by atoms with E-state index in [-0.39, 0.29) is 29.6 Å². The van der Waals surface area contributed by atoms with Gasteiger partial charge in [0, 0.05) is 0 Å². The first-order chi connectivity index (χ1) is 10.4. The summed E-state index contributed by atoms with van der Waals surface area (Å²) in [6, 6.07) is 0. The van der Waals surface area contributed by atoms with E-state index in [1.807, 2.05) is 0 Å². The third-order valence-electron chi connectivity index (χ3n) is 0. The Morgan fingerprint density at radius 2 is 0.280 bits per heavy atom. The molecule has 0 rings (SSSR count). The quantitative estimate of drug-likeness (QED) is 0.116. The summed E-state index contributed by atoms with van der Waals surface area (Å²) >= 11 is -15.7. The first kappa shape index (κ1) is 45.3. The topological polar surface area (TPSA) is 345 Å². The molecular formula is H13NaO18S6. The zero-order chi connectivity index (χ0) is 21.5. The van der Waals surface area contributed by atoms with Crippen molar-refractivity contribution in [3.63, 3.8) is 0 Å². The van der Waals surface area contributed by atoms with E-state index in [1.54, 1.807) is 0 Å². The molecule has 0 aromatic rings. The normalized spacial score (nSPS) is 8.40. The van der Waals surface area contributed by atoms with Crippen LogP contribution in [0.3, 0.4) is 0 Å². The van der Waals surface area contributed by atoms with Gasteiger partial charge in [-0.1, -0.05) is 0 Å². The van der Waals surface area contributed by atoms with Crippen LogP contribution in [0.15, 0.2) is 0 Å². The zero-order valence-corrected chi connectivity index (χ0v) is 15.2. The van der Waals surface area contributed by atoms with Gasteiger partial charge in [-0.3, -0.25) is 54.6 Å². The third kappa shape index (κ3) is 6910. The molecule has 0 heterocycles. The van der Waals surface area contributed by atoms with Gasteiger partial charge in [0.2, 0.25) is 0 Å². The molecule has 0 radical (unpaired) electrons. The summed E-state index contributed by atoms with van der Waals surface area (Å²) in [5.74, 6) is 0. The maximum absolute atomic E-state index is 8.67. The van der Waals surface area contributed by atoms with Gasteiger partial charge in [0.05, 0.1) is 0 Å². The number of rotatable bonds is 0. The molecule has 0 atom stereocenters. The van der Waals surface area contributed by atoms with Crippen LogP contribution >= 0.6 is 0 Å². The van der Waals surface area contributed by atoms with Crippen molar-refractivity contribution in [3.8, 4) is 0 Å². The zero-order valence-electron chi connectivity index (χ0n) is 10.3. The van der Waals surface area contributed by atoms with Crippen molar-refractivity contribution in [2.45, 2.75) is 0 Å². The summed E-state index contributed by atoms with van der Waals surface area (Å²) < 4.78 is 137. The molecule has 25 heavy (non-hydrogen) atoms. The van der Waals surface area contributed by atoms with Crippen molar-refractivity contribution >= 4 is 97.7 Å². The molecule has 0 aromatic carbocycles. The van der Waals surface area contributed by atoms with Gasteiger partial charge in [-0.25, -0.2) is 0 Å². The van der Waals surface area contributed by atoms with Crippen molar-refractivity contribution in [3.05, 3.63) is 0 Å². The Morgan fingerprint density at radius 1 is 0.280 bits per heavy atom. The number of hydrogen-bond acceptors (Lipinski definition) is 6. The molecule has 0 aliphatic heterocycles. The van der Waals surface area contributed by atoms with Gasteiger partial charge in [-0.2, -0.15) is 25.3 Å². The minimum absolute atomic E-state index is 0. The average molecular weight is 516 g/mol. The van der Waals surface area contributed by atoms with E-state index in [2.05, 4.69) is 0 Å². The van der Waals surface area contributed by atoms with Gasteiger partial charge in [0.25, 0.3) is 68.2 Å². The summed E-state index contributed by atoms with van der Waals surface area (Å²) in [5, 5.41) is 0. The molecule has 0 spiro atoms. The van der Waals surface area contributed by atoms with Crippen molar-refractivity contribution in [2.24, 2.45) is 0 Å². The van der Waals surface area contributed by atoms with E-state index in [9.17, 15) is 0 Å². The summed E-state index contributed by atoms with van der Waals surface area (Å²) in [4.78, 5) is 0. The predicted octanol–water partition coefficient (Wildman–Crippen LogP) is -2.56. The summed E-state index contributed by atoms with van der Waals surface area (Å²) in [6.45, 7) is 0. The molecule has 25 heteroatoms. The molecule has 158 valence electrons. The molecule has 0 fully saturated rings. The van der Waals surface area contributed by atoms with Gasteiger partial charge >= 0.3 is 29.6 Å². The summed E-state index contributed by atoms with van der Waals surface area (Å²) in [5.41, 5.74) is 0. The molecule has 0 unspecified atom stereocenters. The summed E-state index contributed by atoms with van der Waals surface area (Å²) in [6.07, 6.45) is 0. The van der Waals surface area contributed by atoms with Gasteiger partial charge in [0.15, 0.2) is 0 Å². The second-order valence-corrected chi connectivity index (χ2v) is 4.15. The van der Waals surface area contributed by atoms with Crippen LogP contribution < -0.4 is 0 Å². The van der Waals surface area contributed by atoms with Crippen LogP contribution in [-0.4, -0.2) is 109 Å². The van der Waals surface area contributed by atoms with Crippen molar-refractivity contribution < 1.29 is 79.9 Å². The van der Waals surface area contributed by atoms with Crippen LogP contribution in [0, 0.1) is 0 Å². The standard InChI is InChI=1S/Na.6H2O3S.H/c;6*1-4(2)3;/h;6*(H2,1,2,3);. The van der Waals surface area contributed by atoms with Crippen LogP contribution in [0.1, 0.15) is 0 Å². The van der Waals surface area contributed by atoms with Crippen molar-refractivity contribution in [2.75, 3.05) is 0 Å². The fraction of sp³-hybridized carbons (Fsp3) is 0. The first-order valence-electron chi connectivity index (χ1n) is 3.19. The minimum atomic E-state index is -2.61. The van der Waals surface area contributed by atoms with E-state index < -0.39 is 68.2 Å². The van der Waals surface area contributed by atoms with Crippen LogP contribution in [-0.2, 0) is 68.2 Å². The van der Waals surface area contributed by atoms with Crippen molar-refractivity contribution in [1.29, 1.82) is 0 Å². The molecule has 12 N–H and O–H groups in total. The van der Waals surface area contributed by atoms with Gasteiger partial charge in [-0.15, -0.1) is 0 Å². The second kappa shape index (κ2) is 40.2. The van der Waals surface area contributed by atoms with Gasteiger partial charge in [0.1, 0.15) is 0 Å². The Balaban J connectivity index is -0.0000000309. The van der Waals surface area contributed by atoms with E-state index >= 15 is 0 Å². The molecular weight excluding hydrogens is 503 g/mol. The first-order valence-corrected chi connectivity index (χ1v) is 9.57. The fourth-order valence-electron chi connectivity index (χ4n) is 0. The maximum atomic E-state index is 8.67. The predicted molar refractivity (Wildman–Crippen MR) is 87.5 cm³/mol. The molecule has 0 saturated heterocycles. The van der Waals surface area contributed by atoms with Crippen LogP contribution in [0.4, 0.5) is 0 Å². The van der Waals surface area contributed by atoms with Crippen LogP contribution in [0.25, 0.3) is 0 Å². The molecule has 0 aliphatic carbocycles. The van der Waals surface area contributed by atoms with E-state index in [0.29, 0.717) is 0 Å². The van der Waals surface area contributed by atoms with E-state index in [1.165, 1.54) is 0 Å². The van der Waals surface area contributed by atoms with E-state index in [0.717, 1.165) is 0 Å². The molecule has 0 saturated carbocycles. The molecule has 0 amide bonds. The Hall–Kier alpha value is 1.42. The molecule has 18 nitrogen and oxygen atoms in total. The van der Waals surface area contributed by atoms with E-state index in [4.69, 9.17) is 79.9 Å². The number of hydrogen-bond donors (Lipinski definition) is 12. The monoisotopic (exact) mass is 516 g/mol. The third-order valence-corrected chi connectivity index (χ3v) is 0. The Labute approximate surface area is 176 Å². The van der Waals surface area contributed by atoms with Gasteiger partial charge < -0.3 is 0 Å². The SMILES string of the molecule is O=S(O)O.O=S(O)O.O=S(O)O.O=S(O)O.O=S(O)O.O=S(O)O.[NaH]. The molecule has 0 aromatic heterocycles. The molecule has 0 bridgehead atoms. The van der Waals surface area contributed by atoms with Gasteiger partial charge in [-0.05, 0) is 0 Å². The average Bonchev–Trinajstić information content (AvgIpc) is 2.08. The van der Waals surface area contributed by atoms with Crippen LogP contribution in [0.2, 0.25) is 0 Å². The fourth-order valence-corrected chi connectivity index (χ4v) is 0. The Morgan fingerprint density at radius 3 is 0.280 bits per heavy atom. The Bertz CT molecular complexity index is 257. The van der Waals surface area contributed by atoms with Crippen LogP contribution in [0.5, 0.6) is 0 Å². The summed E-state index contributed by atoms with van der Waals surface area (Å²) in [7, 11) is 0. The molecule has 0 aliphatic rings. The van der Waals surface area contributed by atoms with Crippen molar-refractivity contribution in [1.82, 2.24) is 0 Å². The Kier molecular flexibility index (Phi) is 72.8.